The van der Waals surface area contributed by atoms with Gasteiger partial charge in [0.1, 0.15) is 11.9 Å². The van der Waals surface area contributed by atoms with E-state index in [1.54, 1.807) is 20.2 Å². The number of hydrogen-bond acceptors (Lipinski definition) is 5. The van der Waals surface area contributed by atoms with E-state index in [2.05, 4.69) is 9.88 Å². The van der Waals surface area contributed by atoms with Gasteiger partial charge in [0.05, 0.1) is 11.9 Å². The van der Waals surface area contributed by atoms with Crippen molar-refractivity contribution < 1.29 is 9.53 Å². The fourth-order valence-electron chi connectivity index (χ4n) is 2.10. The summed E-state index contributed by atoms with van der Waals surface area (Å²) in [6.45, 7) is 4.71. The molecule has 2 rings (SSSR count). The molecule has 104 valence electrons. The minimum Gasteiger partial charge on any atom is -0.397 e. The fraction of sp³-hybridized carbons (Fsp3) is 0.538. The first-order chi connectivity index (χ1) is 9.11. The van der Waals surface area contributed by atoms with E-state index in [1.165, 1.54) is 0 Å². The summed E-state index contributed by atoms with van der Waals surface area (Å²) in [5.74, 6) is 0.952. The summed E-state index contributed by atoms with van der Waals surface area (Å²) in [6, 6.07) is 3.75. The second kappa shape index (κ2) is 5.88. The number of carbonyl (C=O) groups is 1. The van der Waals surface area contributed by atoms with Crippen LogP contribution in [-0.4, -0.2) is 55.2 Å². The summed E-state index contributed by atoms with van der Waals surface area (Å²) in [6.07, 6.45) is 1.28. The van der Waals surface area contributed by atoms with Crippen LogP contribution < -0.4 is 10.6 Å². The van der Waals surface area contributed by atoms with E-state index >= 15 is 0 Å². The predicted molar refractivity (Wildman–Crippen MR) is 73.9 cm³/mol. The van der Waals surface area contributed by atoms with Crippen LogP contribution in [0.25, 0.3) is 0 Å². The first-order valence-corrected chi connectivity index (χ1v) is 6.40. The first kappa shape index (κ1) is 13.6. The molecule has 1 aromatic heterocycles. The molecule has 6 heteroatoms. The van der Waals surface area contributed by atoms with Gasteiger partial charge in [-0.1, -0.05) is 0 Å². The van der Waals surface area contributed by atoms with Crippen molar-refractivity contribution in [2.24, 2.45) is 0 Å². The van der Waals surface area contributed by atoms with Crippen LogP contribution in [0.1, 0.15) is 6.92 Å². The molecule has 1 unspecified atom stereocenters. The molecular weight excluding hydrogens is 244 g/mol. The maximum Gasteiger partial charge on any atom is 0.251 e. The number of amides is 1. The summed E-state index contributed by atoms with van der Waals surface area (Å²) >= 11 is 0. The Labute approximate surface area is 113 Å². The third-order valence-corrected chi connectivity index (χ3v) is 3.39. The highest BCUT2D eigenvalue weighted by Crippen LogP contribution is 2.15. The molecule has 1 atom stereocenters. The van der Waals surface area contributed by atoms with Crippen molar-refractivity contribution in [2.45, 2.75) is 13.0 Å². The quantitative estimate of drug-likeness (QED) is 0.852. The van der Waals surface area contributed by atoms with Crippen LogP contribution in [0.3, 0.4) is 0 Å². The van der Waals surface area contributed by atoms with E-state index in [4.69, 9.17) is 10.5 Å². The van der Waals surface area contributed by atoms with Gasteiger partial charge < -0.3 is 20.3 Å². The van der Waals surface area contributed by atoms with Crippen molar-refractivity contribution in [1.82, 2.24) is 9.88 Å². The zero-order valence-electron chi connectivity index (χ0n) is 11.4. The number of methoxy groups -OCH3 is 1. The molecule has 1 aliphatic heterocycles. The van der Waals surface area contributed by atoms with E-state index in [0.717, 1.165) is 18.9 Å². The monoisotopic (exact) mass is 264 g/mol. The number of rotatable bonds is 3. The number of nitrogens with zero attached hydrogens (tertiary/aromatic N) is 3. The smallest absolute Gasteiger partial charge is 0.251 e. The second-order valence-electron chi connectivity index (χ2n) is 4.64. The van der Waals surface area contributed by atoms with Gasteiger partial charge in [-0.2, -0.15) is 0 Å². The molecule has 2 heterocycles. The average molecular weight is 264 g/mol. The Morgan fingerprint density at radius 3 is 2.58 bits per heavy atom. The standard InChI is InChI=1S/C13H20N4O2/c1-10(19-2)13(18)17-7-5-16(6-8-17)12-4-3-11(14)9-15-12/h3-4,9-10H,5-8,14H2,1-2H3. The third kappa shape index (κ3) is 3.14. The van der Waals surface area contributed by atoms with Gasteiger partial charge in [0.2, 0.25) is 0 Å². The van der Waals surface area contributed by atoms with Crippen molar-refractivity contribution in [1.29, 1.82) is 0 Å². The van der Waals surface area contributed by atoms with E-state index in [-0.39, 0.29) is 12.0 Å². The van der Waals surface area contributed by atoms with Crippen LogP contribution in [0, 0.1) is 0 Å². The number of hydrogen-bond donors (Lipinski definition) is 1. The number of pyridine rings is 1. The molecule has 0 spiro atoms. The van der Waals surface area contributed by atoms with Crippen LogP contribution >= 0.6 is 0 Å². The zero-order valence-corrected chi connectivity index (χ0v) is 11.4. The lowest BCUT2D eigenvalue weighted by Crippen LogP contribution is -2.51. The lowest BCUT2D eigenvalue weighted by Gasteiger charge is -2.36. The van der Waals surface area contributed by atoms with E-state index in [1.807, 2.05) is 17.0 Å². The summed E-state index contributed by atoms with van der Waals surface area (Å²) < 4.78 is 5.06. The predicted octanol–water partition coefficient (Wildman–Crippen LogP) is 0.347. The first-order valence-electron chi connectivity index (χ1n) is 6.40. The lowest BCUT2D eigenvalue weighted by molar-refractivity contribution is -0.141. The Morgan fingerprint density at radius 1 is 1.37 bits per heavy atom. The Morgan fingerprint density at radius 2 is 2.05 bits per heavy atom. The molecule has 2 N–H and O–H groups in total. The van der Waals surface area contributed by atoms with Crippen LogP contribution in [0.5, 0.6) is 0 Å². The molecule has 0 radical (unpaired) electrons. The lowest BCUT2D eigenvalue weighted by atomic mass is 10.2. The average Bonchev–Trinajstić information content (AvgIpc) is 2.46. The summed E-state index contributed by atoms with van der Waals surface area (Å²) in [5, 5.41) is 0. The minimum atomic E-state index is -0.374. The van der Waals surface area contributed by atoms with Crippen LogP contribution in [0.4, 0.5) is 11.5 Å². The van der Waals surface area contributed by atoms with E-state index in [9.17, 15) is 4.79 Å². The number of nitrogens with two attached hydrogens (primary N) is 1. The molecular formula is C13H20N4O2. The van der Waals surface area contributed by atoms with Gasteiger partial charge in [0.25, 0.3) is 5.91 Å². The van der Waals surface area contributed by atoms with Gasteiger partial charge in [0, 0.05) is 33.3 Å². The van der Waals surface area contributed by atoms with Gasteiger partial charge >= 0.3 is 0 Å². The highest BCUT2D eigenvalue weighted by molar-refractivity contribution is 5.80. The highest BCUT2D eigenvalue weighted by Gasteiger charge is 2.25. The number of aromatic nitrogens is 1. The minimum absolute atomic E-state index is 0.0485. The highest BCUT2D eigenvalue weighted by atomic mass is 16.5. The SMILES string of the molecule is COC(C)C(=O)N1CCN(c2ccc(N)cn2)CC1. The number of ether oxygens (including phenoxy) is 1. The number of anilines is 2. The number of carbonyl (C=O) groups excluding carboxylic acids is 1. The van der Waals surface area contributed by atoms with Gasteiger partial charge in [-0.05, 0) is 19.1 Å². The van der Waals surface area contributed by atoms with Gasteiger partial charge in [-0.15, -0.1) is 0 Å². The Balaban J connectivity index is 1.92. The van der Waals surface area contributed by atoms with Crippen molar-refractivity contribution in [2.75, 3.05) is 43.9 Å². The van der Waals surface area contributed by atoms with E-state index < -0.39 is 0 Å². The zero-order chi connectivity index (χ0) is 13.8. The summed E-state index contributed by atoms with van der Waals surface area (Å²) in [7, 11) is 1.55. The Kier molecular flexibility index (Phi) is 4.21. The molecule has 1 aromatic rings. The molecule has 1 amide bonds. The molecule has 1 saturated heterocycles. The molecule has 0 aliphatic carbocycles. The van der Waals surface area contributed by atoms with Crippen molar-refractivity contribution in [3.8, 4) is 0 Å². The fourth-order valence-corrected chi connectivity index (χ4v) is 2.10. The van der Waals surface area contributed by atoms with Crippen molar-refractivity contribution >= 4 is 17.4 Å². The number of piperazine rings is 1. The van der Waals surface area contributed by atoms with Gasteiger partial charge in [-0.3, -0.25) is 4.79 Å². The van der Waals surface area contributed by atoms with Gasteiger partial charge in [0.15, 0.2) is 0 Å². The molecule has 0 saturated carbocycles. The van der Waals surface area contributed by atoms with Crippen molar-refractivity contribution in [3.63, 3.8) is 0 Å². The second-order valence-corrected chi connectivity index (χ2v) is 4.64. The molecule has 0 aromatic carbocycles. The molecule has 1 fully saturated rings. The normalized spacial score (nSPS) is 17.4. The van der Waals surface area contributed by atoms with E-state index in [0.29, 0.717) is 18.8 Å². The molecule has 1 aliphatic rings. The van der Waals surface area contributed by atoms with Crippen LogP contribution in [-0.2, 0) is 9.53 Å². The molecule has 0 bridgehead atoms. The maximum atomic E-state index is 12.0. The topological polar surface area (TPSA) is 71.7 Å². The Hall–Kier alpha value is -1.82. The number of nitrogen functional groups attached to an aromatic ring is 1. The third-order valence-electron chi connectivity index (χ3n) is 3.39. The van der Waals surface area contributed by atoms with Crippen LogP contribution in [0.2, 0.25) is 0 Å². The van der Waals surface area contributed by atoms with Crippen LogP contribution in [0.15, 0.2) is 18.3 Å². The Bertz CT molecular complexity index is 427. The molecule has 6 nitrogen and oxygen atoms in total. The maximum absolute atomic E-state index is 12.0. The summed E-state index contributed by atoms with van der Waals surface area (Å²) in [4.78, 5) is 20.3. The van der Waals surface area contributed by atoms with Gasteiger partial charge in [-0.25, -0.2) is 4.98 Å². The van der Waals surface area contributed by atoms with Crippen molar-refractivity contribution in [3.05, 3.63) is 18.3 Å². The summed E-state index contributed by atoms with van der Waals surface area (Å²) in [5.41, 5.74) is 6.28. The largest absolute Gasteiger partial charge is 0.397 e. The molecule has 19 heavy (non-hydrogen) atoms.